The molecule has 23 N–H and O–H groups in total. The van der Waals surface area contributed by atoms with E-state index in [2.05, 4.69) is 48.7 Å². The van der Waals surface area contributed by atoms with Gasteiger partial charge < -0.3 is 105 Å². The lowest BCUT2D eigenvalue weighted by molar-refractivity contribution is -0.408. The number of anilines is 2. The molecule has 1 fully saturated rings. The number of carbonyl (C=O) groups excluding carboxylic acids is 9. The van der Waals surface area contributed by atoms with Crippen LogP contribution < -0.4 is 69.9 Å². The lowest BCUT2D eigenvalue weighted by Gasteiger charge is -2.33. The zero-order valence-electron chi connectivity index (χ0n) is 45.8. The number of aliphatic hydroxyl groups excluding tert-OH is 4. The number of fused-ring (bicyclic) bond motifs is 3. The first-order valence-electron chi connectivity index (χ1n) is 26.5. The number of carbonyl (C=O) groups is 12. The number of unbranched alkanes of at least 4 members (excludes halogenated alkanes) is 1. The summed E-state index contributed by atoms with van der Waals surface area (Å²) >= 11 is 0. The molecule has 0 bridgehead atoms. The number of hydroxylamine groups is 2. The first-order valence-corrected chi connectivity index (χ1v) is 26.5. The summed E-state index contributed by atoms with van der Waals surface area (Å²) in [5.41, 5.74) is 6.70. The molecule has 4 rings (SSSR count). The van der Waals surface area contributed by atoms with Crippen LogP contribution in [0.1, 0.15) is 78.6 Å². The molecule has 1 saturated heterocycles. The number of quaternary nitrogens is 2. The van der Waals surface area contributed by atoms with E-state index in [1.165, 1.54) is 10.6 Å². The van der Waals surface area contributed by atoms with Gasteiger partial charge in [-0.15, -0.1) is 0 Å². The van der Waals surface area contributed by atoms with E-state index in [-0.39, 0.29) is 80.8 Å². The zero-order valence-corrected chi connectivity index (χ0v) is 45.8. The Kier molecular flexibility index (Phi) is 24.7. The number of aromatic nitrogens is 1. The molecular formula is C49H72N13O22+. The van der Waals surface area contributed by atoms with E-state index in [1.54, 1.807) is 0 Å². The van der Waals surface area contributed by atoms with E-state index in [4.69, 9.17) is 0 Å². The number of benzene rings is 1. The van der Waals surface area contributed by atoms with Crippen LogP contribution in [0.15, 0.2) is 23.0 Å². The monoisotopic (exact) mass is 1190 g/mol. The minimum atomic E-state index is -2.85. The van der Waals surface area contributed by atoms with Crippen LogP contribution in [-0.4, -0.2) is 214 Å². The summed E-state index contributed by atoms with van der Waals surface area (Å²) in [7, 11) is 0. The molecule has 0 aromatic heterocycles. The maximum absolute atomic E-state index is 14.0. The van der Waals surface area contributed by atoms with Gasteiger partial charge in [-0.1, -0.05) is 11.8 Å². The largest absolute Gasteiger partial charge is 0.870 e. The van der Waals surface area contributed by atoms with E-state index in [0.29, 0.717) is 18.0 Å². The van der Waals surface area contributed by atoms with Crippen molar-refractivity contribution in [2.45, 2.75) is 164 Å². The molecule has 9 amide bonds. The predicted octanol–water partition coefficient (Wildman–Crippen LogP) is -9.50. The fourth-order valence-electron chi connectivity index (χ4n) is 8.83. The van der Waals surface area contributed by atoms with E-state index in [1.807, 2.05) is 10.6 Å². The van der Waals surface area contributed by atoms with Crippen LogP contribution in [0, 0.1) is 0 Å². The minimum absolute atomic E-state index is 0.0151. The van der Waals surface area contributed by atoms with Gasteiger partial charge in [-0.2, -0.15) is 0 Å². The van der Waals surface area contributed by atoms with Crippen LogP contribution >= 0.6 is 0 Å². The van der Waals surface area contributed by atoms with Crippen molar-refractivity contribution >= 4 is 82.6 Å². The molecule has 0 spiro atoms. The number of hydrogen-bond donors (Lipinski definition) is 19. The van der Waals surface area contributed by atoms with Gasteiger partial charge in [0, 0.05) is 37.6 Å². The second kappa shape index (κ2) is 30.6. The van der Waals surface area contributed by atoms with Crippen molar-refractivity contribution in [1.29, 1.82) is 0 Å². The smallest absolute Gasteiger partial charge is 0.362 e. The Morgan fingerprint density at radius 3 is 1.81 bits per heavy atom. The van der Waals surface area contributed by atoms with Gasteiger partial charge in [-0.05, 0) is 65.4 Å². The quantitative estimate of drug-likeness (QED) is 0.0255. The van der Waals surface area contributed by atoms with Crippen molar-refractivity contribution in [2.24, 2.45) is 0 Å². The van der Waals surface area contributed by atoms with Gasteiger partial charge in [0.15, 0.2) is 17.6 Å². The topological polar surface area (TPSA) is 579 Å². The standard InChI is InChI=1S/C49H71N13O22/c1-19(63)34(43(75)55-26-8-6-13-62(84)47(26)79)58-44(76)36(21(3)65)59-46(78)37(38(71)49(82)83)60-45(77)35(20(2)64)57-41(73)24(7-4-5-12-50)54-42(74)28(17-33(69)70)56-40(72)25-11-14-61-29-18-31(67)30(66)16-22(29)15-27(39(61)53-25)52-32(68)10-9-23(51)48(80)81/h15-16,18-21,23-26,28,34-38,53,63-66,71,84H,4-14,17,50-51H2,1-3H3,(H,52,68)(H,54,74)(H,55,75)(H,56,72)(H,57,73)(H,58,76)(H,59,78)(H,60,77)(H,69,70)(H,80,81)(H,82,83)/p+1/t19-,20-,21-,23+,24+,25+,26+,28+,34-,35+,36+,37-,38-/m1/s1. The van der Waals surface area contributed by atoms with Crippen molar-refractivity contribution in [1.82, 2.24) is 46.8 Å². The Hall–Kier alpha value is -8.61. The number of nitrogens with zero attached hydrogens (tertiary/aromatic N) is 2. The molecule has 3 heterocycles. The van der Waals surface area contributed by atoms with Crippen LogP contribution in [0.25, 0.3) is 11.3 Å². The molecule has 4 aliphatic rings. The summed E-state index contributed by atoms with van der Waals surface area (Å²) in [4.78, 5) is 170. The maximum Gasteiger partial charge on any atom is 0.362 e. The summed E-state index contributed by atoms with van der Waals surface area (Å²) in [6, 6.07) is -12.7. The van der Waals surface area contributed by atoms with Crippen molar-refractivity contribution in [2.75, 3.05) is 23.7 Å². The van der Waals surface area contributed by atoms with Gasteiger partial charge in [0.25, 0.3) is 5.91 Å². The van der Waals surface area contributed by atoms with Gasteiger partial charge in [0.1, 0.15) is 54.2 Å². The number of amides is 9. The predicted molar refractivity (Wildman–Crippen MR) is 280 cm³/mol. The van der Waals surface area contributed by atoms with E-state index in [0.717, 1.165) is 32.9 Å². The third kappa shape index (κ3) is 18.4. The van der Waals surface area contributed by atoms with Crippen molar-refractivity contribution in [3.8, 4) is 17.0 Å². The Bertz CT molecular complexity index is 2830. The Labute approximate surface area is 476 Å². The molecule has 0 radical (unpaired) electrons. The highest BCUT2D eigenvalue weighted by molar-refractivity contribution is 6.01. The van der Waals surface area contributed by atoms with E-state index < -0.39 is 167 Å². The number of pyridine rings is 1. The number of carboxylic acid groups (broad SMARTS) is 3. The van der Waals surface area contributed by atoms with Gasteiger partial charge in [0.05, 0.1) is 42.7 Å². The number of aliphatic hydroxyl groups is 4. The summed E-state index contributed by atoms with van der Waals surface area (Å²) in [6.45, 7) is 3.16. The fourth-order valence-corrected chi connectivity index (χ4v) is 8.83. The van der Waals surface area contributed by atoms with Crippen molar-refractivity contribution in [3.63, 3.8) is 0 Å². The molecule has 13 atom stereocenters. The molecular weight excluding hydrogens is 1120 g/mol. The summed E-state index contributed by atoms with van der Waals surface area (Å²) in [5, 5.41) is 114. The average Bonchev–Trinajstić information content (AvgIpc) is 1.51. The van der Waals surface area contributed by atoms with Gasteiger partial charge >= 0.3 is 17.9 Å². The Morgan fingerprint density at radius 2 is 1.25 bits per heavy atom. The second-order valence-electron chi connectivity index (χ2n) is 20.2. The highest BCUT2D eigenvalue weighted by atomic mass is 16.5. The summed E-state index contributed by atoms with van der Waals surface area (Å²) < 4.78 is 1.48. The van der Waals surface area contributed by atoms with Crippen LogP contribution in [0.2, 0.25) is 0 Å². The maximum atomic E-state index is 14.0. The lowest BCUT2D eigenvalue weighted by atomic mass is 10.0. The SMILES string of the molecule is C[C@@H](O)[C@H](NC(=O)[C@H](CCCC[NH3+])NC(=O)[C@H](CC(=O)O)NC(=O)[C@@H]1CCn2c3cc(=O)c([O-])cc-3cc(NC(=O)CC[C@H]([NH3+])C(=O)O)c2N1)C(=O)N[C@@H](C(=O)N[C@H](C(=O)N[C@@H](C(=O)N[C@H]1CCCN(O)C1=O)[C@@H](C)O)[C@@H](C)O)[C@@H](O)C(=O)O. The summed E-state index contributed by atoms with van der Waals surface area (Å²) in [6.07, 6.45) is -9.54. The fraction of sp³-hybridized carbons (Fsp3) is 0.571. The molecule has 35 nitrogen and oxygen atoms in total. The molecule has 0 unspecified atom stereocenters. The second-order valence-corrected chi connectivity index (χ2v) is 20.2. The number of piperidine rings is 1. The number of aliphatic carboxylic acids is 3. The molecule has 1 aliphatic carbocycles. The summed E-state index contributed by atoms with van der Waals surface area (Å²) in [5.74, 6) is -16.8. The van der Waals surface area contributed by atoms with Gasteiger partial charge in [0.2, 0.25) is 47.3 Å². The molecule has 0 aromatic carbocycles. The lowest BCUT2D eigenvalue weighted by Crippen LogP contribution is -2.66. The zero-order chi connectivity index (χ0) is 63.0. The van der Waals surface area contributed by atoms with Crippen molar-refractivity contribution < 1.29 is 115 Å². The first-order chi connectivity index (χ1) is 39.4. The molecule has 3 aliphatic heterocycles. The van der Waals surface area contributed by atoms with Crippen LogP contribution in [0.4, 0.5) is 11.5 Å². The third-order valence-corrected chi connectivity index (χ3v) is 13.5. The van der Waals surface area contributed by atoms with Gasteiger partial charge in [-0.25, -0.2) is 14.7 Å². The number of carboxylic acids is 3. The molecule has 464 valence electrons. The molecule has 35 heteroatoms. The first kappa shape index (κ1) is 67.9. The number of hydrogen-bond acceptors (Lipinski definition) is 20. The van der Waals surface area contributed by atoms with Crippen LogP contribution in [-0.2, 0) is 64.1 Å². The van der Waals surface area contributed by atoms with Crippen molar-refractivity contribution in [3.05, 3.63) is 28.4 Å². The average molecular weight is 1200 g/mol. The van der Waals surface area contributed by atoms with E-state index in [9.17, 15) is 108 Å². The van der Waals surface area contributed by atoms with Crippen LogP contribution in [0.5, 0.6) is 5.75 Å². The Balaban J connectivity index is 1.54. The normalized spacial score (nSPS) is 18.8. The van der Waals surface area contributed by atoms with E-state index >= 15 is 0 Å². The molecule has 0 saturated carbocycles. The Morgan fingerprint density at radius 1 is 0.690 bits per heavy atom. The highest BCUT2D eigenvalue weighted by Gasteiger charge is 2.42. The van der Waals surface area contributed by atoms with Crippen LogP contribution in [0.3, 0.4) is 0 Å². The number of nitrogens with one attached hydrogen (secondary N) is 9. The number of rotatable bonds is 30. The van der Waals surface area contributed by atoms with Gasteiger partial charge in [-0.3, -0.25) is 57.9 Å². The third-order valence-electron chi connectivity index (χ3n) is 13.5. The molecule has 84 heavy (non-hydrogen) atoms. The highest BCUT2D eigenvalue weighted by Crippen LogP contribution is 2.37. The molecule has 0 aromatic rings. The minimum Gasteiger partial charge on any atom is -0.870 e.